The molecule has 10 nitrogen and oxygen atoms in total. The monoisotopic (exact) mass is 604 g/mol. The fourth-order valence-corrected chi connectivity index (χ4v) is 4.86. The van der Waals surface area contributed by atoms with Crippen molar-refractivity contribution < 1.29 is 56.6 Å². The summed E-state index contributed by atoms with van der Waals surface area (Å²) in [6.45, 7) is 0.316. The van der Waals surface area contributed by atoms with Crippen LogP contribution in [0.5, 0.6) is 5.75 Å². The van der Waals surface area contributed by atoms with Crippen LogP contribution < -0.4 is 38.9 Å². The zero-order chi connectivity index (χ0) is 26.4. The summed E-state index contributed by atoms with van der Waals surface area (Å²) >= 11 is 8.21. The van der Waals surface area contributed by atoms with Crippen LogP contribution in [0, 0.1) is 0 Å². The Bertz CT molecular complexity index is 1440. The van der Waals surface area contributed by atoms with Crippen molar-refractivity contribution in [3.63, 3.8) is 0 Å². The largest absolute Gasteiger partial charge is 1.00 e. The quantitative estimate of drug-likeness (QED) is 0.0375. The van der Waals surface area contributed by atoms with E-state index in [1.807, 2.05) is 43.3 Å². The first-order valence-electron chi connectivity index (χ1n) is 10.7. The first-order chi connectivity index (χ1) is 17.7. The van der Waals surface area contributed by atoms with Crippen LogP contribution in [0.25, 0.3) is 11.0 Å². The Kier molecular flexibility index (Phi) is 11.6. The topological polar surface area (TPSA) is 120 Å². The predicted molar refractivity (Wildman–Crippen MR) is 143 cm³/mol. The minimum Gasteiger partial charge on any atom is -0.744 e. The molecule has 0 atom stereocenters. The van der Waals surface area contributed by atoms with Crippen LogP contribution >= 0.6 is 35.6 Å². The zero-order valence-corrected chi connectivity index (χ0v) is 25.9. The Morgan fingerprint density at radius 3 is 2.42 bits per heavy atom. The van der Waals surface area contributed by atoms with E-state index in [-0.39, 0.29) is 34.5 Å². The zero-order valence-electron chi connectivity index (χ0n) is 20.7. The van der Waals surface area contributed by atoms with Gasteiger partial charge in [0.15, 0.2) is 23.1 Å². The van der Waals surface area contributed by atoms with Gasteiger partial charge in [0.25, 0.3) is 0 Å². The number of benzene rings is 3. The molecule has 0 bridgehead atoms. The molecule has 196 valence electrons. The van der Waals surface area contributed by atoms with Gasteiger partial charge in [-0.25, -0.2) is 18.2 Å². The summed E-state index contributed by atoms with van der Waals surface area (Å²) in [6.07, 6.45) is 0. The second kappa shape index (κ2) is 14.2. The average Bonchev–Trinajstić information content (AvgIpc) is 3.28. The molecule has 0 amide bonds. The third kappa shape index (κ3) is 9.03. The van der Waals surface area contributed by atoms with E-state index in [4.69, 9.17) is 25.7 Å². The molecule has 15 heteroatoms. The van der Waals surface area contributed by atoms with Gasteiger partial charge in [-0.3, -0.25) is 4.90 Å². The maximum atomic E-state index is 11.2. The Balaban J connectivity index is 0.00000400. The molecule has 4 aromatic rings. The van der Waals surface area contributed by atoms with Crippen LogP contribution in [-0.4, -0.2) is 48.7 Å². The fourth-order valence-electron chi connectivity index (χ4n) is 2.93. The van der Waals surface area contributed by atoms with Crippen LogP contribution in [0.3, 0.4) is 0 Å². The number of aromatic nitrogens is 2. The first kappa shape index (κ1) is 31.0. The molecule has 0 fully saturated rings. The number of aromatic amines is 1. The van der Waals surface area contributed by atoms with Gasteiger partial charge in [0.1, 0.15) is 16.8 Å². The number of rotatable bonds is 12. The Morgan fingerprint density at radius 1 is 1.05 bits per heavy atom. The van der Waals surface area contributed by atoms with Gasteiger partial charge in [0.05, 0.1) is 21.6 Å². The van der Waals surface area contributed by atoms with Gasteiger partial charge < -0.3 is 14.4 Å². The summed E-state index contributed by atoms with van der Waals surface area (Å²) < 4.78 is 40.5. The number of H-pyrrole nitrogens is 1. The van der Waals surface area contributed by atoms with Crippen LogP contribution in [0.2, 0.25) is 5.02 Å². The number of halogens is 1. The predicted octanol–water partition coefficient (Wildman–Crippen LogP) is 2.25. The Morgan fingerprint density at radius 2 is 1.76 bits per heavy atom. The molecule has 0 saturated carbocycles. The molecule has 1 aromatic heterocycles. The van der Waals surface area contributed by atoms with Crippen molar-refractivity contribution in [2.24, 2.45) is 0 Å². The van der Waals surface area contributed by atoms with Gasteiger partial charge in [-0.1, -0.05) is 39.8 Å². The summed E-state index contributed by atoms with van der Waals surface area (Å²) in [7, 11) is -0.764. The summed E-state index contributed by atoms with van der Waals surface area (Å²) in [5, 5.41) is 1.21. The van der Waals surface area contributed by atoms with E-state index in [0.29, 0.717) is 39.4 Å². The van der Waals surface area contributed by atoms with Crippen molar-refractivity contribution in [2.75, 3.05) is 25.3 Å². The maximum Gasteiger partial charge on any atom is 1.00 e. The number of fused-ring (bicyclic) bond motifs is 1. The summed E-state index contributed by atoms with van der Waals surface area (Å²) in [6, 6.07) is 18.5. The molecule has 0 spiro atoms. The molecular weight excluding hydrogens is 583 g/mol. The minimum absolute atomic E-state index is 0. The Labute approximate surface area is 256 Å². The summed E-state index contributed by atoms with van der Waals surface area (Å²) in [4.78, 5) is 20.1. The second-order valence-electron chi connectivity index (χ2n) is 7.90. The molecule has 1 N–H and O–H groups in total. The Hall–Kier alpha value is -1.49. The summed E-state index contributed by atoms with van der Waals surface area (Å²) in [5.74, 6) is 1.10. The number of imidazole rings is 1. The third-order valence-electron chi connectivity index (χ3n) is 4.72. The molecule has 4 rings (SSSR count). The van der Waals surface area contributed by atoms with E-state index >= 15 is 0 Å². The fraction of sp³-hybridized carbons (Fsp3) is 0.174. The van der Waals surface area contributed by atoms with Crippen molar-refractivity contribution in [2.45, 2.75) is 15.8 Å². The molecule has 0 unspecified atom stereocenters. The van der Waals surface area contributed by atoms with Crippen molar-refractivity contribution in [1.82, 2.24) is 14.9 Å². The summed E-state index contributed by atoms with van der Waals surface area (Å²) in [5.41, 5.74) is 2.82. The van der Waals surface area contributed by atoms with Crippen molar-refractivity contribution in [1.29, 1.82) is 0 Å². The molecule has 0 saturated heterocycles. The minimum atomic E-state index is -4.53. The van der Waals surface area contributed by atoms with E-state index in [2.05, 4.69) is 9.97 Å². The van der Waals surface area contributed by atoms with E-state index in [1.54, 1.807) is 24.3 Å². The average molecular weight is 605 g/mol. The number of hydrogen-bond acceptors (Lipinski definition) is 11. The molecule has 3 aromatic carbocycles. The van der Waals surface area contributed by atoms with Crippen LogP contribution in [0.1, 0.15) is 5.56 Å². The number of anilines is 1. The third-order valence-corrected chi connectivity index (χ3v) is 7.33. The standard InChI is InChI=1S/C23H23ClN4O6S3.Na/c1-27(2)15-32-28(36-34-33-19-9-5-17(24)6-10-19)18-7-3-16(4-8-18)14-35-23-25-21-12-11-20(37(29,30)31)13-22(21)26-23;/h3-13H,14-15H2,1-2H3,(H,25,26)(H,29,30,31);/q;+1/p-1. The van der Waals surface area contributed by atoms with Gasteiger partial charge in [-0.15, -0.1) is 0 Å². The number of nitrogens with one attached hydrogen (secondary N) is 1. The van der Waals surface area contributed by atoms with Crippen molar-refractivity contribution in [3.8, 4) is 5.75 Å². The van der Waals surface area contributed by atoms with E-state index < -0.39 is 10.1 Å². The van der Waals surface area contributed by atoms with Gasteiger partial charge in [-0.05, 0) is 74.3 Å². The van der Waals surface area contributed by atoms with Crippen LogP contribution in [-0.2, 0) is 25.0 Å². The van der Waals surface area contributed by atoms with E-state index in [0.717, 1.165) is 23.5 Å². The SMILES string of the molecule is CN(C)CON(SOOc1ccc(Cl)cc1)c1ccc(CSc2nc3ccc(S(=O)(=O)[O-])cc3[nH]2)cc1.[Na+]. The first-order valence-corrected chi connectivity index (χ1v) is 14.2. The van der Waals surface area contributed by atoms with Crippen LogP contribution in [0.15, 0.2) is 76.8 Å². The van der Waals surface area contributed by atoms with Crippen molar-refractivity contribution in [3.05, 3.63) is 77.3 Å². The molecule has 1 heterocycles. The maximum absolute atomic E-state index is 11.2. The van der Waals surface area contributed by atoms with Gasteiger partial charge >= 0.3 is 29.6 Å². The molecule has 0 aliphatic heterocycles. The number of nitrogens with zero attached hydrogens (tertiary/aromatic N) is 3. The molecule has 0 radical (unpaired) electrons. The molecule has 0 aliphatic rings. The van der Waals surface area contributed by atoms with E-state index in [9.17, 15) is 13.0 Å². The number of hydrogen-bond donors (Lipinski definition) is 1. The van der Waals surface area contributed by atoms with Crippen molar-refractivity contribution >= 4 is 62.4 Å². The number of thioether (sulfide) groups is 1. The van der Waals surface area contributed by atoms with Gasteiger partial charge in [-0.2, -0.15) is 4.47 Å². The second-order valence-corrected chi connectivity index (χ2v) is 11.3. The van der Waals surface area contributed by atoms with Gasteiger partial charge in [0, 0.05) is 10.8 Å². The smallest absolute Gasteiger partial charge is 0.744 e. The molecule has 0 aliphatic carbocycles. The van der Waals surface area contributed by atoms with Gasteiger partial charge in [0.2, 0.25) is 0 Å². The van der Waals surface area contributed by atoms with Crippen LogP contribution in [0.4, 0.5) is 5.69 Å². The molecule has 38 heavy (non-hydrogen) atoms. The molecular formula is C23H22ClN4NaO6S3. The van der Waals surface area contributed by atoms with E-state index in [1.165, 1.54) is 34.4 Å². The normalized spacial score (nSPS) is 11.5.